The highest BCUT2D eigenvalue weighted by atomic mass is 32.2. The van der Waals surface area contributed by atoms with Gasteiger partial charge < -0.3 is 14.6 Å². The number of rotatable bonds is 8. The van der Waals surface area contributed by atoms with Crippen LogP contribution in [0, 0.1) is 52.3 Å². The topological polar surface area (TPSA) is 145 Å². The van der Waals surface area contributed by atoms with E-state index < -0.39 is 22.2 Å². The second kappa shape index (κ2) is 11.9. The number of fused-ring (bicyclic) bond motifs is 5. The van der Waals surface area contributed by atoms with Gasteiger partial charge in [-0.05, 0) is 98.2 Å². The number of carbonyl (C=O) groups is 2. The van der Waals surface area contributed by atoms with Crippen LogP contribution < -0.4 is 9.46 Å². The molecule has 4 saturated carbocycles. The van der Waals surface area contributed by atoms with Gasteiger partial charge in [0.2, 0.25) is 0 Å². The number of ether oxygens (including phenoxy) is 2. The number of aromatic nitrogens is 2. The quantitative estimate of drug-likeness (QED) is 0.404. The molecule has 4 fully saturated rings. The summed E-state index contributed by atoms with van der Waals surface area (Å²) in [6.45, 7) is 12.7. The zero-order chi connectivity index (χ0) is 31.3. The van der Waals surface area contributed by atoms with E-state index in [0.29, 0.717) is 30.5 Å². The lowest BCUT2D eigenvalue weighted by atomic mass is 9.41. The Morgan fingerprint density at radius 1 is 1.07 bits per heavy atom. The SMILES string of the molecule is CC[C@H]1[C@@H](O)[C@@H]2[C@H](CC[C@]3(C)[C@@H]([C@H](C)COC(=O)NS(=O)(=O)c4cnc(OC(C)C)nc4)CC[C@@H]23)[C@@]2(C)CCC(=O)C[C@@H]12. The van der Waals surface area contributed by atoms with Crippen molar-refractivity contribution in [1.82, 2.24) is 14.7 Å². The molecule has 0 unspecified atom stereocenters. The van der Waals surface area contributed by atoms with Crippen molar-refractivity contribution in [2.45, 2.75) is 110 Å². The number of sulfonamides is 1. The van der Waals surface area contributed by atoms with E-state index in [1.807, 2.05) is 4.72 Å². The van der Waals surface area contributed by atoms with Gasteiger partial charge in [-0.25, -0.2) is 27.9 Å². The van der Waals surface area contributed by atoms with Gasteiger partial charge in [-0.1, -0.05) is 34.1 Å². The summed E-state index contributed by atoms with van der Waals surface area (Å²) < 4.78 is 38.2. The van der Waals surface area contributed by atoms with Gasteiger partial charge in [0.05, 0.1) is 31.2 Å². The van der Waals surface area contributed by atoms with E-state index >= 15 is 0 Å². The highest BCUT2D eigenvalue weighted by molar-refractivity contribution is 7.90. The molecule has 0 aromatic carbocycles. The number of nitrogens with zero attached hydrogens (tertiary/aromatic N) is 2. The molecule has 0 saturated heterocycles. The lowest BCUT2D eigenvalue weighted by Gasteiger charge is -2.64. The van der Waals surface area contributed by atoms with Crippen LogP contribution in [-0.2, 0) is 19.6 Å². The van der Waals surface area contributed by atoms with Crippen molar-refractivity contribution in [1.29, 1.82) is 0 Å². The third kappa shape index (κ3) is 5.80. The van der Waals surface area contributed by atoms with Crippen molar-refractivity contribution in [2.24, 2.45) is 52.3 Å². The molecule has 0 radical (unpaired) electrons. The first-order valence-corrected chi connectivity index (χ1v) is 17.6. The Kier molecular flexibility index (Phi) is 8.90. The second-order valence-corrected chi connectivity index (χ2v) is 16.2. The number of aliphatic hydroxyl groups is 1. The van der Waals surface area contributed by atoms with Crippen molar-refractivity contribution in [3.05, 3.63) is 12.4 Å². The second-order valence-electron chi connectivity index (χ2n) is 14.5. The highest BCUT2D eigenvalue weighted by Crippen LogP contribution is 2.69. The van der Waals surface area contributed by atoms with Crippen LogP contribution in [-0.4, -0.2) is 54.2 Å². The van der Waals surface area contributed by atoms with E-state index in [4.69, 9.17) is 9.47 Å². The zero-order valence-corrected chi connectivity index (χ0v) is 27.2. The number of aliphatic hydroxyl groups excluding tert-OH is 1. The summed E-state index contributed by atoms with van der Waals surface area (Å²) >= 11 is 0. The van der Waals surface area contributed by atoms with Gasteiger partial charge in [-0.2, -0.15) is 0 Å². The minimum absolute atomic E-state index is 0.00338. The molecule has 10 nitrogen and oxygen atoms in total. The highest BCUT2D eigenvalue weighted by Gasteiger charge is 2.65. The van der Waals surface area contributed by atoms with E-state index in [0.717, 1.165) is 50.9 Å². The lowest BCUT2D eigenvalue weighted by Crippen LogP contribution is -2.62. The third-order valence-corrected chi connectivity index (χ3v) is 13.2. The first kappa shape index (κ1) is 32.1. The van der Waals surface area contributed by atoms with Gasteiger partial charge in [-0.15, -0.1) is 0 Å². The smallest absolute Gasteiger partial charge is 0.421 e. The maximum atomic E-state index is 12.7. The average molecular weight is 620 g/mol. The van der Waals surface area contributed by atoms with E-state index in [1.165, 1.54) is 0 Å². The van der Waals surface area contributed by atoms with Crippen molar-refractivity contribution in [2.75, 3.05) is 6.61 Å². The van der Waals surface area contributed by atoms with Gasteiger partial charge in [0.1, 0.15) is 10.7 Å². The molecule has 1 heterocycles. The Bertz CT molecular complexity index is 1300. The number of hydrogen-bond acceptors (Lipinski definition) is 9. The first-order valence-electron chi connectivity index (χ1n) is 16.1. The van der Waals surface area contributed by atoms with E-state index in [1.54, 1.807) is 13.8 Å². The summed E-state index contributed by atoms with van der Waals surface area (Å²) in [7, 11) is -4.20. The summed E-state index contributed by atoms with van der Waals surface area (Å²) in [5, 5.41) is 11.9. The monoisotopic (exact) mass is 619 g/mol. The van der Waals surface area contributed by atoms with Crippen molar-refractivity contribution < 1.29 is 32.6 Å². The number of carbonyl (C=O) groups excluding carboxylic acids is 2. The number of nitrogens with one attached hydrogen (secondary N) is 1. The molecule has 4 aliphatic carbocycles. The van der Waals surface area contributed by atoms with Crippen molar-refractivity contribution in [3.63, 3.8) is 0 Å². The average Bonchev–Trinajstić information content (AvgIpc) is 3.30. The Hall–Kier alpha value is -2.27. The molecular weight excluding hydrogens is 570 g/mol. The molecule has 240 valence electrons. The van der Waals surface area contributed by atoms with Crippen LogP contribution in [0.2, 0.25) is 0 Å². The third-order valence-electron chi connectivity index (χ3n) is 11.9. The molecule has 11 heteroatoms. The van der Waals surface area contributed by atoms with Crippen LogP contribution in [0.1, 0.15) is 92.9 Å². The summed E-state index contributed by atoms with van der Waals surface area (Å²) in [5.74, 6) is 2.06. The van der Waals surface area contributed by atoms with Gasteiger partial charge in [0.15, 0.2) is 0 Å². The fourth-order valence-corrected chi connectivity index (χ4v) is 10.8. The van der Waals surface area contributed by atoms with Gasteiger partial charge >= 0.3 is 12.1 Å². The van der Waals surface area contributed by atoms with Crippen LogP contribution >= 0.6 is 0 Å². The number of Topliss-reactive ketones (excluding diaryl/α,β-unsaturated/α-hetero) is 1. The molecular formula is C32H49N3O7S. The summed E-state index contributed by atoms with van der Waals surface area (Å²) in [6, 6.07) is 0.0523. The summed E-state index contributed by atoms with van der Waals surface area (Å²) in [6.07, 6.45) is 7.76. The van der Waals surface area contributed by atoms with Crippen LogP contribution in [0.4, 0.5) is 4.79 Å². The molecule has 0 aliphatic heterocycles. The molecule has 0 spiro atoms. The van der Waals surface area contributed by atoms with Crippen LogP contribution in [0.3, 0.4) is 0 Å². The molecule has 1 aromatic heterocycles. The standard InChI is InChI=1S/C32H49N3O7S/c1-7-22-26-14-20(36)10-12-32(26,6)25-11-13-31(5)23(8-9-24(31)27(25)28(22)37)19(4)17-41-30(38)35-43(39,40)21-15-33-29(34-16-21)42-18(2)3/h15-16,18-19,22-28,37H,7-14,17H2,1-6H3,(H,35,38)/t19-,22-,23-,24+,25+,26+,27+,28-,31-,32-/m1/s1. The fraction of sp³-hybridized carbons (Fsp3) is 0.812. The Morgan fingerprint density at radius 2 is 1.74 bits per heavy atom. The maximum absolute atomic E-state index is 12.7. The lowest BCUT2D eigenvalue weighted by molar-refractivity contribution is -0.195. The predicted molar refractivity (Wildman–Crippen MR) is 159 cm³/mol. The molecule has 43 heavy (non-hydrogen) atoms. The zero-order valence-electron chi connectivity index (χ0n) is 26.4. The van der Waals surface area contributed by atoms with Gasteiger partial charge in [-0.3, -0.25) is 4.79 Å². The van der Waals surface area contributed by atoms with Crippen molar-refractivity contribution >= 4 is 21.9 Å². The summed E-state index contributed by atoms with van der Waals surface area (Å²) in [4.78, 5) is 32.6. The van der Waals surface area contributed by atoms with Crippen LogP contribution in [0.5, 0.6) is 6.01 Å². The normalized spacial score (nSPS) is 38.0. The minimum Gasteiger partial charge on any atom is -0.461 e. The molecule has 4 aliphatic rings. The molecule has 2 N–H and O–H groups in total. The van der Waals surface area contributed by atoms with Crippen LogP contribution in [0.25, 0.3) is 0 Å². The molecule has 5 rings (SSSR count). The summed E-state index contributed by atoms with van der Waals surface area (Å²) in [5.41, 5.74) is 0.0829. The van der Waals surface area contributed by atoms with Gasteiger partial charge in [0, 0.05) is 12.8 Å². The molecule has 0 bridgehead atoms. The van der Waals surface area contributed by atoms with E-state index in [2.05, 4.69) is 37.7 Å². The Balaban J connectivity index is 1.23. The van der Waals surface area contributed by atoms with E-state index in [-0.39, 0.29) is 64.0 Å². The predicted octanol–water partition coefficient (Wildman–Crippen LogP) is 5.15. The first-order chi connectivity index (χ1) is 20.2. The molecule has 10 atom stereocenters. The number of hydrogen-bond donors (Lipinski definition) is 2. The maximum Gasteiger partial charge on any atom is 0.421 e. The minimum atomic E-state index is -4.20. The Labute approximate surface area is 256 Å². The van der Waals surface area contributed by atoms with Crippen LogP contribution in [0.15, 0.2) is 17.3 Å². The largest absolute Gasteiger partial charge is 0.461 e. The molecule has 1 aromatic rings. The van der Waals surface area contributed by atoms with Crippen molar-refractivity contribution in [3.8, 4) is 6.01 Å². The van der Waals surface area contributed by atoms with E-state index in [9.17, 15) is 23.1 Å². The number of ketones is 1. The van der Waals surface area contributed by atoms with Gasteiger partial charge in [0.25, 0.3) is 10.0 Å². The Morgan fingerprint density at radius 3 is 2.40 bits per heavy atom. The fourth-order valence-electron chi connectivity index (χ4n) is 9.98. The molecule has 1 amide bonds. The number of amides is 1.